The van der Waals surface area contributed by atoms with Gasteiger partial charge in [0.25, 0.3) is 0 Å². The number of nitrogens with zero attached hydrogens (tertiary/aromatic N) is 6. The molecule has 268 valence electrons. The number of carbonyl (C=O) groups is 2. The van der Waals surface area contributed by atoms with Gasteiger partial charge >= 0.3 is 11.9 Å². The second-order valence-corrected chi connectivity index (χ2v) is 13.0. The van der Waals surface area contributed by atoms with Gasteiger partial charge in [-0.25, -0.2) is 0 Å². The van der Waals surface area contributed by atoms with E-state index in [1.54, 1.807) is 73.1 Å². The molecule has 5 heterocycles. The van der Waals surface area contributed by atoms with Gasteiger partial charge in [0.2, 0.25) is 10.9 Å². The monoisotopic (exact) mass is 706 g/mol. The molecule has 0 saturated carbocycles. The summed E-state index contributed by atoms with van der Waals surface area (Å²) in [4.78, 5) is 68.2. The van der Waals surface area contributed by atoms with Crippen LogP contribution in [0.3, 0.4) is 0 Å². The molecule has 0 amide bonds. The maximum Gasteiger partial charge on any atom is 0.317 e. The summed E-state index contributed by atoms with van der Waals surface area (Å²) in [6, 6.07) is 17.4. The van der Waals surface area contributed by atoms with Crippen molar-refractivity contribution in [2.24, 2.45) is 0 Å². The number of aliphatic carboxylic acids is 2. The number of para-hydroxylation sites is 2. The van der Waals surface area contributed by atoms with E-state index in [0.717, 1.165) is 0 Å². The number of hydrogen-bond donors (Lipinski definition) is 2. The highest BCUT2D eigenvalue weighted by Gasteiger charge is 2.23. The number of fused-ring (bicyclic) bond motifs is 4. The van der Waals surface area contributed by atoms with Crippen LogP contribution >= 0.6 is 0 Å². The highest BCUT2D eigenvalue weighted by Crippen LogP contribution is 2.23. The second-order valence-electron chi connectivity index (χ2n) is 13.0. The molecule has 0 bridgehead atoms. The zero-order chi connectivity index (χ0) is 36.2. The van der Waals surface area contributed by atoms with Crippen molar-refractivity contribution in [3.8, 4) is 0 Å². The summed E-state index contributed by atoms with van der Waals surface area (Å²) in [5.41, 5.74) is 2.53. The van der Waals surface area contributed by atoms with Crippen LogP contribution in [0, 0.1) is 0 Å². The van der Waals surface area contributed by atoms with Crippen LogP contribution in [0.2, 0.25) is 0 Å². The summed E-state index contributed by atoms with van der Waals surface area (Å²) in [5, 5.41) is 21.3. The lowest BCUT2D eigenvalue weighted by molar-refractivity contribution is -0.139. The molecule has 1 aliphatic rings. The Bertz CT molecular complexity index is 2210. The van der Waals surface area contributed by atoms with Crippen molar-refractivity contribution in [1.29, 1.82) is 0 Å². The molecule has 1 saturated heterocycles. The highest BCUT2D eigenvalue weighted by atomic mass is 16.4. The quantitative estimate of drug-likeness (QED) is 0.221. The Morgan fingerprint density at radius 1 is 0.538 bits per heavy atom. The zero-order valence-electron chi connectivity index (χ0n) is 28.4. The lowest BCUT2D eigenvalue weighted by Gasteiger charge is -2.33. The van der Waals surface area contributed by atoms with Gasteiger partial charge in [0.15, 0.2) is 0 Å². The number of hydrogen-bond acceptors (Lipinski definition) is 12. The molecule has 0 unspecified atom stereocenters. The smallest absolute Gasteiger partial charge is 0.317 e. The van der Waals surface area contributed by atoms with E-state index in [1.165, 1.54) is 0 Å². The van der Waals surface area contributed by atoms with Gasteiger partial charge in [-0.05, 0) is 36.4 Å². The average Bonchev–Trinajstić information content (AvgIpc) is 3.12. The van der Waals surface area contributed by atoms with Crippen molar-refractivity contribution in [3.63, 3.8) is 0 Å². The molecular weight excluding hydrogens is 668 g/mol. The van der Waals surface area contributed by atoms with E-state index in [4.69, 9.17) is 8.83 Å². The Kier molecular flexibility index (Phi) is 10.3. The number of carboxylic acids is 2. The molecule has 4 aromatic heterocycles. The predicted molar refractivity (Wildman–Crippen MR) is 194 cm³/mol. The van der Waals surface area contributed by atoms with E-state index in [-0.39, 0.29) is 37.0 Å². The third kappa shape index (κ3) is 7.70. The van der Waals surface area contributed by atoms with E-state index < -0.39 is 11.9 Å². The van der Waals surface area contributed by atoms with E-state index in [0.29, 0.717) is 108 Å². The third-order valence-corrected chi connectivity index (χ3v) is 9.53. The molecule has 2 aromatic carbocycles. The van der Waals surface area contributed by atoms with Crippen LogP contribution in [0.25, 0.3) is 43.9 Å². The molecule has 1 aliphatic heterocycles. The summed E-state index contributed by atoms with van der Waals surface area (Å²) in [6.07, 6.45) is 3.20. The fraction of sp³-hybridized carbons (Fsp3) is 0.316. The Balaban J connectivity index is 1.16. The molecule has 1 fully saturated rings. The molecule has 14 heteroatoms. The molecule has 14 nitrogen and oxygen atoms in total. The van der Waals surface area contributed by atoms with Crippen molar-refractivity contribution in [2.75, 3.05) is 65.4 Å². The van der Waals surface area contributed by atoms with Crippen molar-refractivity contribution < 1.29 is 28.6 Å². The average molecular weight is 707 g/mol. The summed E-state index contributed by atoms with van der Waals surface area (Å²) >= 11 is 0. The summed E-state index contributed by atoms with van der Waals surface area (Å²) in [7, 11) is 0. The first-order valence-corrected chi connectivity index (χ1v) is 17.2. The lowest BCUT2D eigenvalue weighted by atomic mass is 10.1. The van der Waals surface area contributed by atoms with Crippen LogP contribution in [0.1, 0.15) is 11.4 Å². The molecule has 0 spiro atoms. The Labute approximate surface area is 297 Å². The fourth-order valence-corrected chi connectivity index (χ4v) is 6.88. The minimum atomic E-state index is -0.960. The number of carboxylic acid groups (broad SMARTS) is 2. The highest BCUT2D eigenvalue weighted by molar-refractivity contribution is 5.91. The van der Waals surface area contributed by atoms with E-state index >= 15 is 0 Å². The Morgan fingerprint density at radius 2 is 0.904 bits per heavy atom. The maximum atomic E-state index is 13.6. The SMILES string of the molecule is O=C(O)CN1CCN(Cc2nccc3oc4ccccc4c(=O)c23)CCN(CC(=O)O)CCN(Cc2nccc3oc4ccccc4c(=O)c23)CC1. The first-order chi connectivity index (χ1) is 25.2. The predicted octanol–water partition coefficient (Wildman–Crippen LogP) is 3.09. The molecule has 0 radical (unpaired) electrons. The van der Waals surface area contributed by atoms with Gasteiger partial charge in [-0.15, -0.1) is 0 Å². The summed E-state index contributed by atoms with van der Waals surface area (Å²) < 4.78 is 12.1. The van der Waals surface area contributed by atoms with Crippen molar-refractivity contribution in [3.05, 3.63) is 105 Å². The lowest BCUT2D eigenvalue weighted by Crippen LogP contribution is -2.47. The topological polar surface area (TPSA) is 174 Å². The van der Waals surface area contributed by atoms with Crippen LogP contribution in [0.4, 0.5) is 0 Å². The summed E-state index contributed by atoms with van der Waals surface area (Å²) in [6.45, 7) is 3.49. The zero-order valence-corrected chi connectivity index (χ0v) is 28.4. The molecule has 52 heavy (non-hydrogen) atoms. The minimum absolute atomic E-state index is 0.180. The van der Waals surface area contributed by atoms with Gasteiger partial charge in [-0.1, -0.05) is 24.3 Å². The maximum absolute atomic E-state index is 13.6. The standard InChI is InChI=1S/C38H38N6O8/c45-33(46)23-43-17-13-41(21-27-35-31(9-11-39-27)51-29-7-3-1-5-25(29)37(35)49)14-18-44(24-34(47)48)20-16-42(15-19-43)22-28-36-32(10-12-40-28)52-30-8-4-2-6-26(30)38(36)50/h1-12H,13-24H2,(H,45,46)(H,47,48). The van der Waals surface area contributed by atoms with Crippen LogP contribution < -0.4 is 10.9 Å². The number of aromatic nitrogens is 2. The van der Waals surface area contributed by atoms with Crippen LogP contribution in [-0.4, -0.2) is 117 Å². The van der Waals surface area contributed by atoms with Crippen molar-refractivity contribution in [2.45, 2.75) is 13.1 Å². The first kappa shape index (κ1) is 34.9. The Hall–Kier alpha value is -5.54. The summed E-state index contributed by atoms with van der Waals surface area (Å²) in [5.74, 6) is -1.92. The first-order valence-electron chi connectivity index (χ1n) is 17.2. The van der Waals surface area contributed by atoms with Crippen molar-refractivity contribution >= 4 is 55.8 Å². The number of pyridine rings is 2. The van der Waals surface area contributed by atoms with Gasteiger partial charge in [-0.2, -0.15) is 0 Å². The van der Waals surface area contributed by atoms with E-state index in [1.807, 2.05) is 9.80 Å². The largest absolute Gasteiger partial charge is 0.480 e. The molecule has 2 N–H and O–H groups in total. The van der Waals surface area contributed by atoms with Gasteiger partial charge < -0.3 is 19.0 Å². The van der Waals surface area contributed by atoms with E-state index in [2.05, 4.69) is 19.8 Å². The molecule has 7 rings (SSSR count). The number of rotatable bonds is 8. The fourth-order valence-electron chi connectivity index (χ4n) is 6.88. The van der Waals surface area contributed by atoms with Crippen LogP contribution in [-0.2, 0) is 22.7 Å². The second kappa shape index (κ2) is 15.4. The van der Waals surface area contributed by atoms with Gasteiger partial charge in [0.1, 0.15) is 22.3 Å². The molecule has 0 atom stereocenters. The normalized spacial score (nSPS) is 16.3. The molecule has 6 aromatic rings. The minimum Gasteiger partial charge on any atom is -0.480 e. The van der Waals surface area contributed by atoms with Gasteiger partial charge in [0.05, 0.1) is 46.0 Å². The molecular formula is C38H38N6O8. The Morgan fingerprint density at radius 3 is 1.29 bits per heavy atom. The number of benzene rings is 2. The van der Waals surface area contributed by atoms with Crippen molar-refractivity contribution in [1.82, 2.24) is 29.6 Å². The van der Waals surface area contributed by atoms with Crippen LogP contribution in [0.15, 0.2) is 91.5 Å². The molecule has 0 aliphatic carbocycles. The van der Waals surface area contributed by atoms with Gasteiger partial charge in [0, 0.05) is 77.8 Å². The van der Waals surface area contributed by atoms with Gasteiger partial charge in [-0.3, -0.25) is 48.7 Å². The third-order valence-electron chi connectivity index (χ3n) is 9.53. The van der Waals surface area contributed by atoms with E-state index in [9.17, 15) is 29.4 Å². The van der Waals surface area contributed by atoms with Crippen LogP contribution in [0.5, 0.6) is 0 Å².